The largest absolute Gasteiger partial charge is 0.323 e. The smallest absolute Gasteiger partial charge is 0.308 e. The molecule has 2 amide bonds. The van der Waals surface area contributed by atoms with Gasteiger partial charge in [-0.15, -0.1) is 0 Å². The SMILES string of the molecule is Cc1ccc(NC(=O)Nc2ccc3c(c2)CCCN3S(=O)(=O)c2ccccc2)cc1C. The van der Waals surface area contributed by atoms with Gasteiger partial charge in [0.1, 0.15) is 0 Å². The minimum absolute atomic E-state index is 0.276. The number of amides is 2. The summed E-state index contributed by atoms with van der Waals surface area (Å²) in [5.41, 5.74) is 5.17. The summed E-state index contributed by atoms with van der Waals surface area (Å²) in [5, 5.41) is 5.68. The van der Waals surface area contributed by atoms with E-state index in [0.717, 1.165) is 35.2 Å². The lowest BCUT2D eigenvalue weighted by Crippen LogP contribution is -2.35. The van der Waals surface area contributed by atoms with Crippen LogP contribution in [0.15, 0.2) is 71.6 Å². The van der Waals surface area contributed by atoms with Crippen molar-refractivity contribution in [2.75, 3.05) is 21.5 Å². The molecule has 0 unspecified atom stereocenters. The van der Waals surface area contributed by atoms with Crippen molar-refractivity contribution < 1.29 is 13.2 Å². The number of carbonyl (C=O) groups excluding carboxylic acids is 1. The van der Waals surface area contributed by atoms with Gasteiger partial charge in [0.15, 0.2) is 0 Å². The van der Waals surface area contributed by atoms with E-state index in [1.165, 1.54) is 4.31 Å². The maximum atomic E-state index is 13.1. The fraction of sp³-hybridized carbons (Fsp3) is 0.208. The zero-order valence-corrected chi connectivity index (χ0v) is 18.4. The minimum Gasteiger partial charge on any atom is -0.308 e. The van der Waals surface area contributed by atoms with Gasteiger partial charge >= 0.3 is 6.03 Å². The molecule has 3 aromatic rings. The third-order valence-electron chi connectivity index (χ3n) is 5.51. The van der Waals surface area contributed by atoms with Crippen molar-refractivity contribution in [1.82, 2.24) is 0 Å². The van der Waals surface area contributed by atoms with E-state index in [9.17, 15) is 13.2 Å². The molecular weight excluding hydrogens is 410 g/mol. The molecule has 0 radical (unpaired) electrons. The van der Waals surface area contributed by atoms with Crippen LogP contribution in [0.4, 0.5) is 21.9 Å². The van der Waals surface area contributed by atoms with Crippen LogP contribution in [-0.4, -0.2) is 21.0 Å². The Labute approximate surface area is 183 Å². The van der Waals surface area contributed by atoms with Crippen molar-refractivity contribution in [2.45, 2.75) is 31.6 Å². The molecule has 31 heavy (non-hydrogen) atoms. The number of sulfonamides is 1. The predicted octanol–water partition coefficient (Wildman–Crippen LogP) is 5.09. The predicted molar refractivity (Wildman–Crippen MR) is 124 cm³/mol. The number of aryl methyl sites for hydroxylation is 3. The summed E-state index contributed by atoms with van der Waals surface area (Å²) < 4.78 is 27.7. The van der Waals surface area contributed by atoms with Gasteiger partial charge in [0.2, 0.25) is 0 Å². The van der Waals surface area contributed by atoms with Crippen LogP contribution in [0.5, 0.6) is 0 Å². The molecule has 0 fully saturated rings. The van der Waals surface area contributed by atoms with Crippen LogP contribution < -0.4 is 14.9 Å². The first-order valence-electron chi connectivity index (χ1n) is 10.2. The van der Waals surface area contributed by atoms with Gasteiger partial charge < -0.3 is 10.6 Å². The molecule has 0 aromatic heterocycles. The topological polar surface area (TPSA) is 78.5 Å². The maximum absolute atomic E-state index is 13.1. The third-order valence-corrected chi connectivity index (χ3v) is 7.34. The molecule has 0 aliphatic carbocycles. The Morgan fingerprint density at radius 3 is 2.26 bits per heavy atom. The Hall–Kier alpha value is -3.32. The van der Waals surface area contributed by atoms with Crippen molar-refractivity contribution in [2.24, 2.45) is 0 Å². The molecule has 2 N–H and O–H groups in total. The van der Waals surface area contributed by atoms with E-state index in [1.807, 2.05) is 38.1 Å². The molecule has 0 saturated heterocycles. The van der Waals surface area contributed by atoms with Crippen LogP contribution >= 0.6 is 0 Å². The number of carbonyl (C=O) groups is 1. The second-order valence-electron chi connectivity index (χ2n) is 7.72. The van der Waals surface area contributed by atoms with Gasteiger partial charge in [0.05, 0.1) is 10.6 Å². The van der Waals surface area contributed by atoms with Gasteiger partial charge in [-0.3, -0.25) is 4.31 Å². The minimum atomic E-state index is -3.63. The zero-order valence-electron chi connectivity index (χ0n) is 17.6. The van der Waals surface area contributed by atoms with Crippen molar-refractivity contribution in [3.05, 3.63) is 83.4 Å². The summed E-state index contributed by atoms with van der Waals surface area (Å²) in [7, 11) is -3.63. The molecule has 4 rings (SSSR count). The van der Waals surface area contributed by atoms with E-state index in [2.05, 4.69) is 10.6 Å². The number of hydrogen-bond acceptors (Lipinski definition) is 3. The lowest BCUT2D eigenvalue weighted by molar-refractivity contribution is 0.262. The van der Waals surface area contributed by atoms with E-state index in [1.54, 1.807) is 42.5 Å². The number of urea groups is 1. The molecule has 3 aromatic carbocycles. The van der Waals surface area contributed by atoms with Crippen LogP contribution in [0.1, 0.15) is 23.1 Å². The molecule has 0 bridgehead atoms. The highest BCUT2D eigenvalue weighted by atomic mass is 32.2. The van der Waals surface area contributed by atoms with Crippen LogP contribution in [0.25, 0.3) is 0 Å². The summed E-state index contributed by atoms with van der Waals surface area (Å²) in [6, 6.07) is 19.2. The van der Waals surface area contributed by atoms with Crippen molar-refractivity contribution in [1.29, 1.82) is 0 Å². The second-order valence-corrected chi connectivity index (χ2v) is 9.58. The van der Waals surface area contributed by atoms with Gasteiger partial charge in [0.25, 0.3) is 10.0 Å². The molecule has 6 nitrogen and oxygen atoms in total. The number of fused-ring (bicyclic) bond motifs is 1. The van der Waals surface area contributed by atoms with E-state index >= 15 is 0 Å². The number of nitrogens with one attached hydrogen (secondary N) is 2. The molecule has 160 valence electrons. The number of hydrogen-bond donors (Lipinski definition) is 2. The van der Waals surface area contributed by atoms with Crippen LogP contribution in [0.2, 0.25) is 0 Å². The Morgan fingerprint density at radius 1 is 0.871 bits per heavy atom. The van der Waals surface area contributed by atoms with Crippen LogP contribution in [0, 0.1) is 13.8 Å². The average molecular weight is 436 g/mol. The zero-order chi connectivity index (χ0) is 22.0. The lowest BCUT2D eigenvalue weighted by atomic mass is 10.0. The standard InChI is InChI=1S/C24H25N3O3S/c1-17-10-11-20(15-18(17)2)25-24(28)26-21-12-13-23-19(16-21)7-6-14-27(23)31(29,30)22-8-4-3-5-9-22/h3-5,8-13,15-16H,6-7,14H2,1-2H3,(H2,25,26,28). The van der Waals surface area contributed by atoms with Gasteiger partial charge in [-0.2, -0.15) is 0 Å². The monoisotopic (exact) mass is 435 g/mol. The quantitative estimate of drug-likeness (QED) is 0.599. The highest BCUT2D eigenvalue weighted by molar-refractivity contribution is 7.92. The molecule has 7 heteroatoms. The summed E-state index contributed by atoms with van der Waals surface area (Å²) >= 11 is 0. The molecule has 0 spiro atoms. The van der Waals surface area contributed by atoms with E-state index in [4.69, 9.17) is 0 Å². The summed E-state index contributed by atoms with van der Waals surface area (Å²) in [6.07, 6.45) is 1.47. The highest BCUT2D eigenvalue weighted by Crippen LogP contribution is 2.33. The molecule has 1 heterocycles. The average Bonchev–Trinajstić information content (AvgIpc) is 2.76. The Bertz CT molecular complexity index is 1220. The van der Waals surface area contributed by atoms with Crippen molar-refractivity contribution in [3.8, 4) is 0 Å². The first-order valence-corrected chi connectivity index (χ1v) is 11.6. The van der Waals surface area contributed by atoms with E-state index < -0.39 is 10.0 Å². The third kappa shape index (κ3) is 4.41. The van der Waals surface area contributed by atoms with Crippen molar-refractivity contribution in [3.63, 3.8) is 0 Å². The highest BCUT2D eigenvalue weighted by Gasteiger charge is 2.29. The number of nitrogens with zero attached hydrogens (tertiary/aromatic N) is 1. The van der Waals surface area contributed by atoms with Crippen molar-refractivity contribution >= 4 is 33.1 Å². The lowest BCUT2D eigenvalue weighted by Gasteiger charge is -2.30. The van der Waals surface area contributed by atoms with Crippen LogP contribution in [-0.2, 0) is 16.4 Å². The first kappa shape index (κ1) is 20.9. The van der Waals surface area contributed by atoms with E-state index in [-0.39, 0.29) is 10.9 Å². The number of anilines is 3. The van der Waals surface area contributed by atoms with Crippen LogP contribution in [0.3, 0.4) is 0 Å². The van der Waals surface area contributed by atoms with Gasteiger partial charge in [-0.25, -0.2) is 13.2 Å². The number of benzene rings is 3. The second kappa shape index (κ2) is 8.43. The Morgan fingerprint density at radius 2 is 1.55 bits per heavy atom. The molecule has 1 aliphatic heterocycles. The summed E-state index contributed by atoms with van der Waals surface area (Å²) in [6.45, 7) is 4.45. The van der Waals surface area contributed by atoms with Gasteiger partial charge in [-0.05, 0) is 85.8 Å². The Balaban J connectivity index is 1.53. The summed E-state index contributed by atoms with van der Waals surface area (Å²) in [5.74, 6) is 0. The van der Waals surface area contributed by atoms with Gasteiger partial charge in [-0.1, -0.05) is 24.3 Å². The fourth-order valence-electron chi connectivity index (χ4n) is 3.72. The summed E-state index contributed by atoms with van der Waals surface area (Å²) in [4.78, 5) is 12.7. The molecule has 1 aliphatic rings. The number of rotatable bonds is 4. The normalized spacial score (nSPS) is 13.4. The van der Waals surface area contributed by atoms with E-state index in [0.29, 0.717) is 17.9 Å². The molecule has 0 atom stereocenters. The molecule has 0 saturated carbocycles. The first-order chi connectivity index (χ1) is 14.8. The fourth-order valence-corrected chi connectivity index (χ4v) is 5.28. The van der Waals surface area contributed by atoms with Gasteiger partial charge in [0, 0.05) is 17.9 Å². The Kier molecular flexibility index (Phi) is 5.69. The molecular formula is C24H25N3O3S. The maximum Gasteiger partial charge on any atom is 0.323 e.